The van der Waals surface area contributed by atoms with Crippen molar-refractivity contribution in [1.29, 1.82) is 0 Å². The molecular weight excluding hydrogens is 376 g/mol. The van der Waals surface area contributed by atoms with Gasteiger partial charge in [-0.05, 0) is 42.7 Å². The maximum absolute atomic E-state index is 13.2. The first-order valence-corrected chi connectivity index (χ1v) is 11.0. The fourth-order valence-corrected chi connectivity index (χ4v) is 5.35. The minimum absolute atomic E-state index is 0.00653. The minimum atomic E-state index is -3.05. The van der Waals surface area contributed by atoms with Gasteiger partial charge >= 0.3 is 0 Å². The molecule has 1 fully saturated rings. The van der Waals surface area contributed by atoms with Crippen molar-refractivity contribution in [2.24, 2.45) is 4.99 Å². The quantitative estimate of drug-likeness (QED) is 0.590. The molecule has 2 aromatic carbocycles. The number of carbonyl (C=O) groups is 2. The van der Waals surface area contributed by atoms with Crippen LogP contribution >= 0.6 is 0 Å². The molecule has 6 nitrogen and oxygen atoms in total. The first kappa shape index (κ1) is 18.6. The molecule has 0 bridgehead atoms. The van der Waals surface area contributed by atoms with Gasteiger partial charge in [-0.2, -0.15) is 0 Å². The summed E-state index contributed by atoms with van der Waals surface area (Å²) in [7, 11) is -3.05. The number of fused-ring (bicyclic) bond motifs is 1. The van der Waals surface area contributed by atoms with Crippen molar-refractivity contribution in [2.75, 3.05) is 16.4 Å². The third-order valence-corrected chi connectivity index (χ3v) is 6.88. The number of hydrogen-bond donors (Lipinski definition) is 0. The summed E-state index contributed by atoms with van der Waals surface area (Å²) in [6.45, 7) is 1.90. The molecule has 2 amide bonds. The first-order valence-electron chi connectivity index (χ1n) is 9.13. The zero-order chi connectivity index (χ0) is 19.9. The molecule has 2 aliphatic rings. The predicted octanol–water partition coefficient (Wildman–Crippen LogP) is 2.52. The van der Waals surface area contributed by atoms with E-state index in [4.69, 9.17) is 0 Å². The van der Waals surface area contributed by atoms with Gasteiger partial charge < -0.3 is 0 Å². The van der Waals surface area contributed by atoms with E-state index in [-0.39, 0.29) is 29.4 Å². The lowest BCUT2D eigenvalue weighted by atomic mass is 9.88. The normalized spacial score (nSPS) is 24.0. The maximum atomic E-state index is 13.2. The molecule has 0 saturated carbocycles. The van der Waals surface area contributed by atoms with E-state index in [1.54, 1.807) is 42.5 Å². The van der Waals surface area contributed by atoms with Gasteiger partial charge in [0.15, 0.2) is 9.84 Å². The molecule has 4 rings (SSSR count). The highest BCUT2D eigenvalue weighted by atomic mass is 32.2. The molecule has 2 atom stereocenters. The van der Waals surface area contributed by atoms with Gasteiger partial charge in [0.1, 0.15) is 0 Å². The van der Waals surface area contributed by atoms with Crippen LogP contribution in [0.1, 0.15) is 33.8 Å². The van der Waals surface area contributed by atoms with E-state index in [0.29, 0.717) is 23.2 Å². The average molecular weight is 396 g/mol. The first-order chi connectivity index (χ1) is 13.4. The van der Waals surface area contributed by atoms with Crippen LogP contribution in [-0.4, -0.2) is 44.0 Å². The Morgan fingerprint density at radius 1 is 1.11 bits per heavy atom. The van der Waals surface area contributed by atoms with Gasteiger partial charge in [0.25, 0.3) is 5.91 Å². The number of aliphatic imine (C=N–C) groups is 1. The summed E-state index contributed by atoms with van der Waals surface area (Å²) >= 11 is 0. The summed E-state index contributed by atoms with van der Waals surface area (Å²) < 4.78 is 23.3. The van der Waals surface area contributed by atoms with Gasteiger partial charge in [-0.1, -0.05) is 30.3 Å². The molecule has 2 aliphatic heterocycles. The summed E-state index contributed by atoms with van der Waals surface area (Å²) in [5.41, 5.74) is 2.52. The Labute approximate surface area is 163 Å². The number of rotatable bonds is 3. The van der Waals surface area contributed by atoms with Gasteiger partial charge in [0, 0.05) is 11.8 Å². The van der Waals surface area contributed by atoms with Crippen molar-refractivity contribution in [2.45, 2.75) is 25.3 Å². The van der Waals surface area contributed by atoms with Crippen molar-refractivity contribution < 1.29 is 18.0 Å². The fourth-order valence-electron chi connectivity index (χ4n) is 3.71. The van der Waals surface area contributed by atoms with Crippen LogP contribution in [0.25, 0.3) is 0 Å². The van der Waals surface area contributed by atoms with Gasteiger partial charge in [-0.3, -0.25) is 14.6 Å². The average Bonchev–Trinajstić information content (AvgIpc) is 3.01. The Balaban J connectivity index is 1.74. The van der Waals surface area contributed by atoms with Crippen LogP contribution in [-0.2, 0) is 14.6 Å². The predicted molar refractivity (Wildman–Crippen MR) is 108 cm³/mol. The third-order valence-electron chi connectivity index (χ3n) is 5.13. The molecule has 0 N–H and O–H groups in total. The van der Waals surface area contributed by atoms with E-state index < -0.39 is 15.8 Å². The van der Waals surface area contributed by atoms with Gasteiger partial charge in [-0.15, -0.1) is 0 Å². The molecule has 0 aromatic heterocycles. The van der Waals surface area contributed by atoms with Crippen LogP contribution in [0.5, 0.6) is 0 Å². The number of sulfone groups is 1. The van der Waals surface area contributed by atoms with E-state index in [0.717, 1.165) is 5.56 Å². The number of anilines is 1. The Morgan fingerprint density at radius 2 is 1.89 bits per heavy atom. The van der Waals surface area contributed by atoms with Gasteiger partial charge in [-0.25, -0.2) is 13.3 Å². The summed E-state index contributed by atoms with van der Waals surface area (Å²) in [6.07, 6.45) is 1.98. The van der Waals surface area contributed by atoms with Crippen LogP contribution in [0.3, 0.4) is 0 Å². The second kappa shape index (κ2) is 6.98. The number of hydrogen-bond acceptors (Lipinski definition) is 5. The standard InChI is InChI=1S/C21H20N2O4S/c1-14-5-4-6-16(11-14)23-20(24)18-8-3-2-7-17(18)19(21(23)25)12-22-15-9-10-28(26,27)13-15/h2-8,11-12,15,19H,9-10,13H2,1H3/t15-,19+/m1/s1. The number of imide groups is 1. The Bertz CT molecular complexity index is 1090. The largest absolute Gasteiger partial charge is 0.292 e. The fraction of sp³-hybridized carbons (Fsp3) is 0.286. The molecule has 28 heavy (non-hydrogen) atoms. The monoisotopic (exact) mass is 396 g/mol. The van der Waals surface area contributed by atoms with Crippen LogP contribution in [0.2, 0.25) is 0 Å². The lowest BCUT2D eigenvalue weighted by Crippen LogP contribution is -2.45. The molecule has 1 saturated heterocycles. The summed E-state index contributed by atoms with van der Waals surface area (Å²) in [5.74, 6) is -1.33. The third kappa shape index (κ3) is 3.38. The Hall–Kier alpha value is -2.80. The van der Waals surface area contributed by atoms with Crippen molar-refractivity contribution in [3.63, 3.8) is 0 Å². The summed E-state index contributed by atoms with van der Waals surface area (Å²) in [5, 5.41) is 0. The van der Waals surface area contributed by atoms with Crippen LogP contribution in [0.15, 0.2) is 53.5 Å². The molecule has 2 aromatic rings. The SMILES string of the molecule is Cc1cccc(N2C(=O)c3ccccc3[C@H](C=N[C@@H]3CCS(=O)(=O)C3)C2=O)c1. The molecule has 0 unspecified atom stereocenters. The van der Waals surface area contributed by atoms with Crippen LogP contribution in [0, 0.1) is 6.92 Å². The zero-order valence-electron chi connectivity index (χ0n) is 15.4. The van der Waals surface area contributed by atoms with E-state index in [2.05, 4.69) is 4.99 Å². The number of benzene rings is 2. The minimum Gasteiger partial charge on any atom is -0.292 e. The van der Waals surface area contributed by atoms with Crippen LogP contribution in [0.4, 0.5) is 5.69 Å². The van der Waals surface area contributed by atoms with Crippen molar-refractivity contribution in [3.05, 3.63) is 65.2 Å². The molecule has 0 radical (unpaired) electrons. The van der Waals surface area contributed by atoms with E-state index in [1.165, 1.54) is 11.1 Å². The molecule has 2 heterocycles. The lowest BCUT2D eigenvalue weighted by molar-refractivity contribution is -0.118. The van der Waals surface area contributed by atoms with Gasteiger partial charge in [0.2, 0.25) is 5.91 Å². The second-order valence-corrected chi connectivity index (χ2v) is 9.47. The topological polar surface area (TPSA) is 83.9 Å². The van der Waals surface area contributed by atoms with Crippen molar-refractivity contribution in [1.82, 2.24) is 0 Å². The number of amides is 2. The van der Waals surface area contributed by atoms with E-state index in [1.807, 2.05) is 13.0 Å². The highest BCUT2D eigenvalue weighted by Gasteiger charge is 2.39. The Morgan fingerprint density at radius 3 is 2.61 bits per heavy atom. The van der Waals surface area contributed by atoms with Crippen molar-refractivity contribution in [3.8, 4) is 0 Å². The molecule has 7 heteroatoms. The molecular formula is C21H20N2O4S. The van der Waals surface area contributed by atoms with E-state index >= 15 is 0 Å². The maximum Gasteiger partial charge on any atom is 0.265 e. The molecule has 0 spiro atoms. The molecule has 0 aliphatic carbocycles. The number of carbonyl (C=O) groups excluding carboxylic acids is 2. The highest BCUT2D eigenvalue weighted by molar-refractivity contribution is 7.91. The molecule has 144 valence electrons. The number of nitrogens with zero attached hydrogens (tertiary/aromatic N) is 2. The summed E-state index contributed by atoms with van der Waals surface area (Å²) in [4.78, 5) is 31.8. The smallest absolute Gasteiger partial charge is 0.265 e. The van der Waals surface area contributed by atoms with E-state index in [9.17, 15) is 18.0 Å². The summed E-state index contributed by atoms with van der Waals surface area (Å²) in [6, 6.07) is 13.9. The second-order valence-electron chi connectivity index (χ2n) is 7.24. The highest BCUT2D eigenvalue weighted by Crippen LogP contribution is 2.32. The van der Waals surface area contributed by atoms with Crippen molar-refractivity contribution >= 4 is 33.6 Å². The van der Waals surface area contributed by atoms with Gasteiger partial charge in [0.05, 0.1) is 29.2 Å². The van der Waals surface area contributed by atoms with Crippen LogP contribution < -0.4 is 4.90 Å². The number of aryl methyl sites for hydroxylation is 1. The Kier molecular flexibility index (Phi) is 4.63. The lowest BCUT2D eigenvalue weighted by Gasteiger charge is -2.31. The zero-order valence-corrected chi connectivity index (χ0v) is 16.2.